The minimum atomic E-state index is -0.554. The van der Waals surface area contributed by atoms with E-state index in [1.165, 1.54) is 32.1 Å². The predicted octanol–water partition coefficient (Wildman–Crippen LogP) is 2.81. The number of aliphatic imine (C=N–C) groups is 1. The van der Waals surface area contributed by atoms with Crippen LogP contribution in [0.3, 0.4) is 0 Å². The maximum atomic E-state index is 11.9. The molecule has 0 aromatic heterocycles. The molecule has 1 saturated carbocycles. The Morgan fingerprint density at radius 2 is 1.90 bits per heavy atom. The number of carbonyl (C=O) groups is 1. The van der Waals surface area contributed by atoms with Gasteiger partial charge in [-0.1, -0.05) is 49.6 Å². The quantitative estimate of drug-likeness (QED) is 0.920. The number of rotatable bonds is 3. The Hall–Kier alpha value is -1.84. The van der Waals surface area contributed by atoms with Gasteiger partial charge in [0.25, 0.3) is 11.9 Å². The van der Waals surface area contributed by atoms with Gasteiger partial charge in [0, 0.05) is 12.1 Å². The third-order valence-electron chi connectivity index (χ3n) is 4.02. The molecule has 1 aromatic carbocycles. The highest BCUT2D eigenvalue weighted by atomic mass is 16.5. The Bertz CT molecular complexity index is 492. The maximum absolute atomic E-state index is 11.9. The van der Waals surface area contributed by atoms with E-state index in [2.05, 4.69) is 10.3 Å². The molecule has 1 heterocycles. The lowest BCUT2D eigenvalue weighted by Gasteiger charge is -2.19. The van der Waals surface area contributed by atoms with Gasteiger partial charge >= 0.3 is 0 Å². The fourth-order valence-electron chi connectivity index (χ4n) is 2.87. The Labute approximate surface area is 119 Å². The Balaban J connectivity index is 1.61. The number of nitrogens with one attached hydrogen (secondary N) is 1. The molecule has 2 aliphatic rings. The average molecular weight is 272 g/mol. The zero-order chi connectivity index (χ0) is 13.8. The van der Waals surface area contributed by atoms with Crippen LogP contribution >= 0.6 is 0 Å². The number of ether oxygens (including phenoxy) is 1. The van der Waals surface area contributed by atoms with Crippen molar-refractivity contribution in [2.45, 2.75) is 38.2 Å². The van der Waals surface area contributed by atoms with Gasteiger partial charge in [-0.2, -0.15) is 0 Å². The van der Waals surface area contributed by atoms with Crippen molar-refractivity contribution in [1.29, 1.82) is 0 Å². The number of hydrogen-bond donors (Lipinski definition) is 1. The molecule has 106 valence electrons. The largest absolute Gasteiger partial charge is 0.447 e. The first-order valence-corrected chi connectivity index (χ1v) is 7.40. The standard InChI is InChI=1S/C16H20N2O2/c19-15-14(13-9-5-2-6-10-13)20-16(18-15)17-11-12-7-3-1-4-8-12/h2,5-6,9-10,12,14H,1,3-4,7-8,11H2,(H,17,18,19). The highest BCUT2D eigenvalue weighted by Crippen LogP contribution is 2.25. The maximum Gasteiger partial charge on any atom is 0.292 e. The molecular weight excluding hydrogens is 252 g/mol. The van der Waals surface area contributed by atoms with Gasteiger partial charge in [-0.05, 0) is 18.8 Å². The summed E-state index contributed by atoms with van der Waals surface area (Å²) in [5, 5.41) is 2.73. The second-order valence-corrected chi connectivity index (χ2v) is 5.55. The molecule has 0 spiro atoms. The van der Waals surface area contributed by atoms with Crippen LogP contribution in [0, 0.1) is 5.92 Å². The van der Waals surface area contributed by atoms with E-state index in [1.54, 1.807) is 0 Å². The Kier molecular flexibility index (Phi) is 4.00. The van der Waals surface area contributed by atoms with Crippen LogP contribution in [0.2, 0.25) is 0 Å². The molecule has 4 nitrogen and oxygen atoms in total. The highest BCUT2D eigenvalue weighted by molar-refractivity contribution is 6.02. The summed E-state index contributed by atoms with van der Waals surface area (Å²) >= 11 is 0. The van der Waals surface area contributed by atoms with Crippen LogP contribution in [0.1, 0.15) is 43.8 Å². The molecule has 1 N–H and O–H groups in total. The number of nitrogens with zero attached hydrogens (tertiary/aromatic N) is 1. The monoisotopic (exact) mass is 272 g/mol. The van der Waals surface area contributed by atoms with E-state index in [9.17, 15) is 4.79 Å². The van der Waals surface area contributed by atoms with Gasteiger partial charge in [-0.25, -0.2) is 4.99 Å². The van der Waals surface area contributed by atoms with E-state index < -0.39 is 6.10 Å². The first-order chi connectivity index (χ1) is 9.83. The fourth-order valence-corrected chi connectivity index (χ4v) is 2.87. The fraction of sp³-hybridized carbons (Fsp3) is 0.500. The summed E-state index contributed by atoms with van der Waals surface area (Å²) in [6, 6.07) is 9.91. The number of hydrogen-bond acceptors (Lipinski definition) is 3. The van der Waals surface area contributed by atoms with Crippen molar-refractivity contribution in [2.75, 3.05) is 6.54 Å². The van der Waals surface area contributed by atoms with Gasteiger partial charge in [0.2, 0.25) is 6.10 Å². The van der Waals surface area contributed by atoms with Crippen molar-refractivity contribution in [2.24, 2.45) is 10.9 Å². The molecule has 2 fully saturated rings. The van der Waals surface area contributed by atoms with Gasteiger partial charge in [0.05, 0.1) is 0 Å². The zero-order valence-electron chi connectivity index (χ0n) is 11.5. The van der Waals surface area contributed by atoms with E-state index in [0.29, 0.717) is 11.9 Å². The predicted molar refractivity (Wildman–Crippen MR) is 77.3 cm³/mol. The summed E-state index contributed by atoms with van der Waals surface area (Å²) in [7, 11) is 0. The van der Waals surface area contributed by atoms with Crippen molar-refractivity contribution in [1.82, 2.24) is 5.32 Å². The van der Waals surface area contributed by atoms with E-state index in [0.717, 1.165) is 12.1 Å². The summed E-state index contributed by atoms with van der Waals surface area (Å²) < 4.78 is 5.64. The molecule has 0 bridgehead atoms. The van der Waals surface area contributed by atoms with Gasteiger partial charge in [-0.15, -0.1) is 0 Å². The first kappa shape index (κ1) is 13.2. The van der Waals surface area contributed by atoms with Crippen LogP contribution in [-0.4, -0.2) is 18.5 Å². The average Bonchev–Trinajstić information content (AvgIpc) is 2.88. The molecule has 1 amide bonds. The van der Waals surface area contributed by atoms with Crippen LogP contribution in [0.4, 0.5) is 0 Å². The normalized spacial score (nSPS) is 25.5. The molecule has 4 heteroatoms. The van der Waals surface area contributed by atoms with Crippen molar-refractivity contribution >= 4 is 11.9 Å². The van der Waals surface area contributed by atoms with Crippen LogP contribution in [0.25, 0.3) is 0 Å². The third kappa shape index (κ3) is 3.00. The molecule has 1 saturated heterocycles. The summed E-state index contributed by atoms with van der Waals surface area (Å²) in [6.45, 7) is 0.761. The summed E-state index contributed by atoms with van der Waals surface area (Å²) in [4.78, 5) is 16.4. The number of carbonyl (C=O) groups excluding carboxylic acids is 1. The highest BCUT2D eigenvalue weighted by Gasteiger charge is 2.32. The molecule has 1 atom stereocenters. The molecule has 1 aliphatic heterocycles. The lowest BCUT2D eigenvalue weighted by Crippen LogP contribution is -2.23. The van der Waals surface area contributed by atoms with Crippen molar-refractivity contribution < 1.29 is 9.53 Å². The van der Waals surface area contributed by atoms with Crippen molar-refractivity contribution in [3.05, 3.63) is 35.9 Å². The number of benzene rings is 1. The molecular formula is C16H20N2O2. The van der Waals surface area contributed by atoms with Gasteiger partial charge < -0.3 is 4.74 Å². The third-order valence-corrected chi connectivity index (χ3v) is 4.02. The summed E-state index contributed by atoms with van der Waals surface area (Å²) in [6.07, 6.45) is 5.88. The topological polar surface area (TPSA) is 50.7 Å². The molecule has 1 unspecified atom stereocenters. The number of amidine groups is 1. The van der Waals surface area contributed by atoms with Gasteiger partial charge in [0.15, 0.2) is 0 Å². The Morgan fingerprint density at radius 1 is 1.15 bits per heavy atom. The van der Waals surface area contributed by atoms with Crippen LogP contribution in [-0.2, 0) is 9.53 Å². The minimum absolute atomic E-state index is 0.126. The summed E-state index contributed by atoms with van der Waals surface area (Å²) in [5.41, 5.74) is 0.868. The molecule has 20 heavy (non-hydrogen) atoms. The van der Waals surface area contributed by atoms with Crippen molar-refractivity contribution in [3.63, 3.8) is 0 Å². The Morgan fingerprint density at radius 3 is 2.65 bits per heavy atom. The minimum Gasteiger partial charge on any atom is -0.447 e. The molecule has 1 aromatic rings. The second kappa shape index (κ2) is 6.07. The molecule has 3 rings (SSSR count). The van der Waals surface area contributed by atoms with Gasteiger partial charge in [-0.3, -0.25) is 10.1 Å². The lowest BCUT2D eigenvalue weighted by molar-refractivity contribution is -0.123. The molecule has 0 radical (unpaired) electrons. The van der Waals surface area contributed by atoms with Crippen LogP contribution in [0.15, 0.2) is 35.3 Å². The zero-order valence-corrected chi connectivity index (χ0v) is 11.5. The van der Waals surface area contributed by atoms with Crippen LogP contribution < -0.4 is 5.32 Å². The van der Waals surface area contributed by atoms with Crippen molar-refractivity contribution in [3.8, 4) is 0 Å². The van der Waals surface area contributed by atoms with Crippen LogP contribution in [0.5, 0.6) is 0 Å². The second-order valence-electron chi connectivity index (χ2n) is 5.55. The van der Waals surface area contributed by atoms with Gasteiger partial charge in [0.1, 0.15) is 0 Å². The smallest absolute Gasteiger partial charge is 0.292 e. The molecule has 1 aliphatic carbocycles. The SMILES string of the molecule is O=C1NC(=NCC2CCCCC2)OC1c1ccccc1. The van der Waals surface area contributed by atoms with E-state index in [4.69, 9.17) is 4.74 Å². The summed E-state index contributed by atoms with van der Waals surface area (Å²) in [5.74, 6) is 0.520. The number of amides is 1. The first-order valence-electron chi connectivity index (χ1n) is 7.40. The van der Waals surface area contributed by atoms with E-state index in [-0.39, 0.29) is 5.91 Å². The van der Waals surface area contributed by atoms with E-state index >= 15 is 0 Å². The van der Waals surface area contributed by atoms with E-state index in [1.807, 2.05) is 30.3 Å². The lowest BCUT2D eigenvalue weighted by atomic mass is 9.89.